The van der Waals surface area contributed by atoms with Crippen LogP contribution >= 0.6 is 11.5 Å². The van der Waals surface area contributed by atoms with E-state index in [9.17, 15) is 4.79 Å². The topological polar surface area (TPSA) is 102 Å². The second-order valence-corrected chi connectivity index (χ2v) is 4.95. The van der Waals surface area contributed by atoms with Crippen molar-refractivity contribution < 1.29 is 14.3 Å². The van der Waals surface area contributed by atoms with Crippen LogP contribution < -0.4 is 0 Å². The van der Waals surface area contributed by atoms with E-state index in [1.165, 1.54) is 23.7 Å². The van der Waals surface area contributed by atoms with Gasteiger partial charge in [0.05, 0.1) is 11.3 Å². The molecule has 2 aromatic heterocycles. The number of carboxylic acids is 1. The van der Waals surface area contributed by atoms with Crippen molar-refractivity contribution >= 4 is 17.5 Å². The normalized spacial score (nSPS) is 10.7. The minimum Gasteiger partial charge on any atom is -0.478 e. The molecule has 0 aliphatic heterocycles. The third-order valence-corrected chi connectivity index (χ3v) is 3.64. The van der Waals surface area contributed by atoms with Crippen molar-refractivity contribution in [1.29, 1.82) is 0 Å². The average Bonchev–Trinajstić information content (AvgIpc) is 3.15. The van der Waals surface area contributed by atoms with Crippen molar-refractivity contribution in [2.45, 2.75) is 13.3 Å². The molecule has 0 fully saturated rings. The zero-order valence-electron chi connectivity index (χ0n) is 11.0. The highest BCUT2D eigenvalue weighted by Gasteiger charge is 2.16. The van der Waals surface area contributed by atoms with Crippen LogP contribution in [0, 0.1) is 0 Å². The minimum atomic E-state index is -0.976. The first-order valence-corrected chi connectivity index (χ1v) is 6.95. The predicted molar refractivity (Wildman–Crippen MR) is 75.0 cm³/mol. The molecule has 0 spiro atoms. The molecule has 0 unspecified atom stereocenters. The molecule has 0 radical (unpaired) electrons. The summed E-state index contributed by atoms with van der Waals surface area (Å²) in [7, 11) is 0. The van der Waals surface area contributed by atoms with Crippen LogP contribution in [-0.2, 0) is 6.42 Å². The molecule has 0 aliphatic carbocycles. The first-order valence-electron chi connectivity index (χ1n) is 6.18. The lowest BCUT2D eigenvalue weighted by atomic mass is 10.1. The Bertz CT molecular complexity index is 779. The molecule has 0 saturated carbocycles. The van der Waals surface area contributed by atoms with Crippen LogP contribution in [0.25, 0.3) is 22.2 Å². The van der Waals surface area contributed by atoms with Gasteiger partial charge >= 0.3 is 5.97 Å². The number of rotatable bonds is 4. The summed E-state index contributed by atoms with van der Waals surface area (Å²) in [5.41, 5.74) is 1.68. The Morgan fingerprint density at radius 1 is 1.19 bits per heavy atom. The Morgan fingerprint density at radius 2 is 1.90 bits per heavy atom. The Morgan fingerprint density at radius 3 is 2.57 bits per heavy atom. The second kappa shape index (κ2) is 5.41. The number of aromatic carboxylic acids is 1. The Balaban J connectivity index is 1.93. The maximum Gasteiger partial charge on any atom is 0.335 e. The molecule has 0 aliphatic rings. The Hall–Kier alpha value is -2.61. The number of carboxylic acid groups (broad SMARTS) is 1. The number of aromatic nitrogens is 4. The second-order valence-electron chi connectivity index (χ2n) is 4.20. The van der Waals surface area contributed by atoms with E-state index in [-0.39, 0.29) is 5.56 Å². The van der Waals surface area contributed by atoms with Gasteiger partial charge in [0, 0.05) is 5.56 Å². The van der Waals surface area contributed by atoms with Crippen LogP contribution in [0.1, 0.15) is 23.0 Å². The number of nitrogens with zero attached hydrogens (tertiary/aromatic N) is 4. The molecule has 3 aromatic rings. The van der Waals surface area contributed by atoms with Crippen molar-refractivity contribution in [3.8, 4) is 22.2 Å². The van der Waals surface area contributed by atoms with Gasteiger partial charge in [0.25, 0.3) is 5.89 Å². The lowest BCUT2D eigenvalue weighted by molar-refractivity contribution is 0.0697. The standard InChI is InChI=1S/C13H10N4O3S/c1-2-9-10(21-17-14-9)12-16-15-11(20-12)7-3-5-8(6-4-7)13(18)19/h3-6H,2H2,1H3,(H,18,19). The molecule has 1 N–H and O–H groups in total. The minimum absolute atomic E-state index is 0.207. The number of carbonyl (C=O) groups is 1. The van der Waals surface area contributed by atoms with E-state index in [1.54, 1.807) is 12.1 Å². The fourth-order valence-corrected chi connectivity index (χ4v) is 2.46. The molecule has 0 saturated heterocycles. The van der Waals surface area contributed by atoms with E-state index >= 15 is 0 Å². The molecular weight excluding hydrogens is 292 g/mol. The van der Waals surface area contributed by atoms with Crippen LogP contribution in [-0.4, -0.2) is 30.9 Å². The van der Waals surface area contributed by atoms with Gasteiger partial charge in [0.2, 0.25) is 5.89 Å². The van der Waals surface area contributed by atoms with Crippen LogP contribution in [0.15, 0.2) is 28.7 Å². The van der Waals surface area contributed by atoms with Crippen molar-refractivity contribution in [3.05, 3.63) is 35.5 Å². The van der Waals surface area contributed by atoms with E-state index in [1.807, 2.05) is 6.92 Å². The summed E-state index contributed by atoms with van der Waals surface area (Å²) in [5, 5.41) is 20.8. The maximum atomic E-state index is 10.8. The average molecular weight is 302 g/mol. The molecule has 0 amide bonds. The van der Waals surface area contributed by atoms with Crippen molar-refractivity contribution in [2.75, 3.05) is 0 Å². The van der Waals surface area contributed by atoms with Crippen LogP contribution in [0.2, 0.25) is 0 Å². The van der Waals surface area contributed by atoms with E-state index in [0.29, 0.717) is 17.3 Å². The van der Waals surface area contributed by atoms with Gasteiger partial charge in [-0.05, 0) is 42.2 Å². The van der Waals surface area contributed by atoms with Gasteiger partial charge in [-0.15, -0.1) is 15.3 Å². The molecule has 2 heterocycles. The molecule has 106 valence electrons. The summed E-state index contributed by atoms with van der Waals surface area (Å²) >= 11 is 1.21. The largest absolute Gasteiger partial charge is 0.478 e. The van der Waals surface area contributed by atoms with Gasteiger partial charge in [-0.25, -0.2) is 4.79 Å². The van der Waals surface area contributed by atoms with E-state index in [2.05, 4.69) is 19.8 Å². The summed E-state index contributed by atoms with van der Waals surface area (Å²) in [6.07, 6.45) is 0.733. The zero-order chi connectivity index (χ0) is 14.8. The molecule has 7 nitrogen and oxygen atoms in total. The predicted octanol–water partition coefficient (Wildman–Crippen LogP) is 2.52. The lowest BCUT2D eigenvalue weighted by Crippen LogP contribution is -1.94. The summed E-state index contributed by atoms with van der Waals surface area (Å²) in [6, 6.07) is 6.25. The fourth-order valence-electron chi connectivity index (χ4n) is 1.79. The van der Waals surface area contributed by atoms with Gasteiger partial charge in [-0.3, -0.25) is 0 Å². The van der Waals surface area contributed by atoms with Gasteiger partial charge in [-0.1, -0.05) is 11.4 Å². The number of benzene rings is 1. The van der Waals surface area contributed by atoms with Gasteiger partial charge in [0.15, 0.2) is 0 Å². The maximum absolute atomic E-state index is 10.8. The quantitative estimate of drug-likeness (QED) is 0.789. The first kappa shape index (κ1) is 13.4. The fraction of sp³-hybridized carbons (Fsp3) is 0.154. The van der Waals surface area contributed by atoms with Crippen LogP contribution in [0.5, 0.6) is 0 Å². The molecule has 0 bridgehead atoms. The van der Waals surface area contributed by atoms with Crippen LogP contribution in [0.3, 0.4) is 0 Å². The van der Waals surface area contributed by atoms with Gasteiger partial charge in [-0.2, -0.15) is 0 Å². The van der Waals surface area contributed by atoms with E-state index in [4.69, 9.17) is 9.52 Å². The highest BCUT2D eigenvalue weighted by molar-refractivity contribution is 7.09. The van der Waals surface area contributed by atoms with Gasteiger partial charge in [0.1, 0.15) is 4.88 Å². The Labute approximate surface area is 123 Å². The van der Waals surface area contributed by atoms with E-state index < -0.39 is 5.97 Å². The summed E-state index contributed by atoms with van der Waals surface area (Å²) < 4.78 is 9.50. The highest BCUT2D eigenvalue weighted by Crippen LogP contribution is 2.28. The number of hydrogen-bond acceptors (Lipinski definition) is 7. The Kier molecular flexibility index (Phi) is 3.44. The number of hydrogen-bond donors (Lipinski definition) is 1. The highest BCUT2D eigenvalue weighted by atomic mass is 32.1. The molecular formula is C13H10N4O3S. The van der Waals surface area contributed by atoms with Crippen molar-refractivity contribution in [3.63, 3.8) is 0 Å². The van der Waals surface area contributed by atoms with Crippen molar-refractivity contribution in [2.24, 2.45) is 0 Å². The first-order chi connectivity index (χ1) is 10.2. The third-order valence-electron chi connectivity index (χ3n) is 2.89. The lowest BCUT2D eigenvalue weighted by Gasteiger charge is -1.96. The summed E-state index contributed by atoms with van der Waals surface area (Å²) in [4.78, 5) is 11.6. The molecule has 8 heteroatoms. The van der Waals surface area contributed by atoms with Gasteiger partial charge < -0.3 is 9.52 Å². The third kappa shape index (κ3) is 2.52. The molecule has 21 heavy (non-hydrogen) atoms. The number of aryl methyl sites for hydroxylation is 1. The smallest absolute Gasteiger partial charge is 0.335 e. The molecule has 0 atom stereocenters. The molecule has 1 aromatic carbocycles. The summed E-state index contributed by atoms with van der Waals surface area (Å²) in [6.45, 7) is 1.97. The summed E-state index contributed by atoms with van der Waals surface area (Å²) in [5.74, 6) is -0.271. The zero-order valence-corrected chi connectivity index (χ0v) is 11.8. The van der Waals surface area contributed by atoms with Crippen LogP contribution in [0.4, 0.5) is 0 Å². The SMILES string of the molecule is CCc1nnsc1-c1nnc(-c2ccc(C(=O)O)cc2)o1. The molecule has 3 rings (SSSR count). The van der Waals surface area contributed by atoms with Crippen molar-refractivity contribution in [1.82, 2.24) is 19.8 Å². The van der Waals surface area contributed by atoms with E-state index in [0.717, 1.165) is 17.0 Å². The monoisotopic (exact) mass is 302 g/mol.